The van der Waals surface area contributed by atoms with Crippen LogP contribution < -0.4 is 10.4 Å². The Morgan fingerprint density at radius 3 is 2.48 bits per heavy atom. The minimum Gasteiger partial charge on any atom is -0.465 e. The van der Waals surface area contributed by atoms with Crippen LogP contribution in [0.4, 0.5) is 0 Å². The molecule has 0 aliphatic heterocycles. The van der Waals surface area contributed by atoms with Crippen molar-refractivity contribution in [2.45, 2.75) is 6.92 Å². The highest BCUT2D eigenvalue weighted by atomic mass is 16.5. The van der Waals surface area contributed by atoms with Crippen LogP contribution in [0.25, 0.3) is 11.3 Å². The maximum atomic E-state index is 12.1. The zero-order valence-corrected chi connectivity index (χ0v) is 13.8. The largest absolute Gasteiger partial charge is 0.465 e. The Balaban J connectivity index is 2.07. The number of carbonyl (C=O) groups excluding carboxylic acids is 1. The van der Waals surface area contributed by atoms with Gasteiger partial charge in [0.1, 0.15) is 17.1 Å². The maximum Gasteiger partial charge on any atom is 0.345 e. The highest BCUT2D eigenvalue weighted by Gasteiger charge is 2.19. The summed E-state index contributed by atoms with van der Waals surface area (Å²) in [5.74, 6) is 0.688. The van der Waals surface area contributed by atoms with Crippen molar-refractivity contribution in [1.82, 2.24) is 9.97 Å². The first-order chi connectivity index (χ1) is 12.1. The van der Waals surface area contributed by atoms with Gasteiger partial charge in [0.25, 0.3) is 0 Å². The first kappa shape index (κ1) is 16.4. The van der Waals surface area contributed by atoms with Gasteiger partial charge in [0, 0.05) is 11.3 Å². The van der Waals surface area contributed by atoms with E-state index >= 15 is 0 Å². The van der Waals surface area contributed by atoms with E-state index in [2.05, 4.69) is 9.97 Å². The van der Waals surface area contributed by atoms with Gasteiger partial charge in [-0.05, 0) is 31.2 Å². The lowest BCUT2D eigenvalue weighted by molar-refractivity contribution is 0.0599. The molecule has 0 amide bonds. The van der Waals surface area contributed by atoms with E-state index in [0.717, 1.165) is 0 Å². The molecule has 1 heterocycles. The van der Waals surface area contributed by atoms with Gasteiger partial charge >= 0.3 is 11.7 Å². The van der Waals surface area contributed by atoms with Crippen LogP contribution >= 0.6 is 0 Å². The predicted molar refractivity (Wildman–Crippen MR) is 92.9 cm³/mol. The molecule has 0 bridgehead atoms. The van der Waals surface area contributed by atoms with Crippen molar-refractivity contribution in [3.63, 3.8) is 0 Å². The number of aromatic amines is 1. The van der Waals surface area contributed by atoms with Crippen molar-refractivity contribution in [3.05, 3.63) is 76.3 Å². The number of nitrogens with zero attached hydrogens (tertiary/aromatic N) is 1. The Labute approximate surface area is 144 Å². The van der Waals surface area contributed by atoms with Crippen molar-refractivity contribution < 1.29 is 14.3 Å². The van der Waals surface area contributed by atoms with Gasteiger partial charge in [0.05, 0.1) is 12.8 Å². The summed E-state index contributed by atoms with van der Waals surface area (Å²) in [6.45, 7) is 1.63. The number of hydrogen-bond acceptors (Lipinski definition) is 5. The van der Waals surface area contributed by atoms with Crippen LogP contribution in [-0.4, -0.2) is 23.0 Å². The zero-order valence-electron chi connectivity index (χ0n) is 13.8. The molecule has 2 aromatic carbocycles. The van der Waals surface area contributed by atoms with Gasteiger partial charge in [-0.15, -0.1) is 0 Å². The quantitative estimate of drug-likeness (QED) is 0.739. The minimum atomic E-state index is -0.564. The summed E-state index contributed by atoms with van der Waals surface area (Å²) in [4.78, 5) is 30.3. The molecule has 0 radical (unpaired) electrons. The fraction of sp³-hybridized carbons (Fsp3) is 0.105. The molecule has 0 spiro atoms. The van der Waals surface area contributed by atoms with E-state index in [0.29, 0.717) is 22.8 Å². The molecule has 3 rings (SSSR count). The fourth-order valence-corrected chi connectivity index (χ4v) is 2.48. The van der Waals surface area contributed by atoms with Crippen LogP contribution in [0.3, 0.4) is 0 Å². The number of H-pyrrole nitrogens is 1. The van der Waals surface area contributed by atoms with Crippen LogP contribution in [0.5, 0.6) is 11.5 Å². The molecule has 1 aromatic heterocycles. The number of aryl methyl sites for hydroxylation is 1. The Morgan fingerprint density at radius 1 is 1.04 bits per heavy atom. The van der Waals surface area contributed by atoms with E-state index in [-0.39, 0.29) is 11.3 Å². The molecule has 126 valence electrons. The SMILES string of the molecule is COC(=O)c1c(-c2cccc(Oc3ccccc3)c2)nc(=O)[nH]c1C. The predicted octanol–water partition coefficient (Wildman–Crippen LogP) is 3.32. The van der Waals surface area contributed by atoms with Gasteiger partial charge in [-0.25, -0.2) is 9.59 Å². The van der Waals surface area contributed by atoms with Gasteiger partial charge in [-0.3, -0.25) is 0 Å². The number of esters is 1. The van der Waals surface area contributed by atoms with Crippen LogP contribution in [0.1, 0.15) is 16.1 Å². The molecule has 0 aliphatic rings. The van der Waals surface area contributed by atoms with E-state index < -0.39 is 11.7 Å². The Bertz CT molecular complexity index is 965. The van der Waals surface area contributed by atoms with E-state index in [9.17, 15) is 9.59 Å². The van der Waals surface area contributed by atoms with Gasteiger partial charge in [-0.1, -0.05) is 30.3 Å². The lowest BCUT2D eigenvalue weighted by atomic mass is 10.0. The molecule has 25 heavy (non-hydrogen) atoms. The summed E-state index contributed by atoms with van der Waals surface area (Å²) in [5, 5.41) is 0. The third-order valence-electron chi connectivity index (χ3n) is 3.60. The second-order valence-corrected chi connectivity index (χ2v) is 5.33. The molecule has 6 nitrogen and oxygen atoms in total. The number of hydrogen-bond donors (Lipinski definition) is 1. The van der Waals surface area contributed by atoms with Crippen molar-refractivity contribution in [2.24, 2.45) is 0 Å². The number of aromatic nitrogens is 2. The molecule has 0 atom stereocenters. The third-order valence-corrected chi connectivity index (χ3v) is 3.60. The Kier molecular flexibility index (Phi) is 4.61. The van der Waals surface area contributed by atoms with Crippen molar-refractivity contribution in [3.8, 4) is 22.8 Å². The average Bonchev–Trinajstić information content (AvgIpc) is 2.61. The summed E-state index contributed by atoms with van der Waals surface area (Å²) >= 11 is 0. The smallest absolute Gasteiger partial charge is 0.345 e. The Hall–Kier alpha value is -3.41. The molecule has 0 aliphatic carbocycles. The summed E-state index contributed by atoms with van der Waals surface area (Å²) in [6.07, 6.45) is 0. The molecule has 0 saturated carbocycles. The van der Waals surface area contributed by atoms with Crippen molar-refractivity contribution >= 4 is 5.97 Å². The summed E-state index contributed by atoms with van der Waals surface area (Å²) < 4.78 is 10.6. The molecule has 0 saturated heterocycles. The fourth-order valence-electron chi connectivity index (χ4n) is 2.48. The second kappa shape index (κ2) is 7.00. The first-order valence-electron chi connectivity index (χ1n) is 7.61. The minimum absolute atomic E-state index is 0.221. The lowest BCUT2D eigenvalue weighted by Gasteiger charge is -2.11. The Morgan fingerprint density at radius 2 is 1.76 bits per heavy atom. The number of para-hydroxylation sites is 1. The van der Waals surface area contributed by atoms with Crippen LogP contribution in [0, 0.1) is 6.92 Å². The average molecular weight is 336 g/mol. The molecule has 0 unspecified atom stereocenters. The second-order valence-electron chi connectivity index (χ2n) is 5.33. The van der Waals surface area contributed by atoms with Gasteiger partial charge in [-0.2, -0.15) is 4.98 Å². The number of benzene rings is 2. The van der Waals surface area contributed by atoms with E-state index in [1.807, 2.05) is 30.3 Å². The lowest BCUT2D eigenvalue weighted by Crippen LogP contribution is -2.19. The molecule has 6 heteroatoms. The molecular formula is C19H16N2O4. The summed E-state index contributed by atoms with van der Waals surface area (Å²) in [7, 11) is 1.28. The highest BCUT2D eigenvalue weighted by Crippen LogP contribution is 2.28. The van der Waals surface area contributed by atoms with E-state index in [1.165, 1.54) is 7.11 Å². The number of methoxy groups -OCH3 is 1. The molecular weight excluding hydrogens is 320 g/mol. The van der Waals surface area contributed by atoms with Crippen LogP contribution in [-0.2, 0) is 4.74 Å². The monoisotopic (exact) mass is 336 g/mol. The topological polar surface area (TPSA) is 81.3 Å². The first-order valence-corrected chi connectivity index (χ1v) is 7.61. The van der Waals surface area contributed by atoms with Gasteiger partial charge < -0.3 is 14.5 Å². The standard InChI is InChI=1S/C19H16N2O4/c1-12-16(18(22)24-2)17(21-19(23)20-12)13-7-6-10-15(11-13)25-14-8-4-3-5-9-14/h3-11H,1-2H3,(H,20,21,23). The van der Waals surface area contributed by atoms with E-state index in [1.54, 1.807) is 31.2 Å². The number of nitrogens with one attached hydrogen (secondary N) is 1. The van der Waals surface area contributed by atoms with Crippen molar-refractivity contribution in [2.75, 3.05) is 7.11 Å². The number of carbonyl (C=O) groups is 1. The molecule has 1 N–H and O–H groups in total. The molecule has 0 fully saturated rings. The van der Waals surface area contributed by atoms with Gasteiger partial charge in [0.2, 0.25) is 0 Å². The summed E-state index contributed by atoms with van der Waals surface area (Å²) in [5.41, 5.74) is 0.930. The van der Waals surface area contributed by atoms with Crippen LogP contribution in [0.15, 0.2) is 59.4 Å². The normalized spacial score (nSPS) is 10.3. The number of ether oxygens (including phenoxy) is 2. The third kappa shape index (κ3) is 3.58. The summed E-state index contributed by atoms with van der Waals surface area (Å²) in [6, 6.07) is 16.3. The van der Waals surface area contributed by atoms with Crippen molar-refractivity contribution in [1.29, 1.82) is 0 Å². The van der Waals surface area contributed by atoms with Crippen LogP contribution in [0.2, 0.25) is 0 Å². The maximum absolute atomic E-state index is 12.1. The van der Waals surface area contributed by atoms with E-state index in [4.69, 9.17) is 9.47 Å². The number of rotatable bonds is 4. The molecule has 3 aromatic rings. The zero-order chi connectivity index (χ0) is 17.8. The van der Waals surface area contributed by atoms with Gasteiger partial charge in [0.15, 0.2) is 0 Å². The highest BCUT2D eigenvalue weighted by molar-refractivity contribution is 5.97.